The third-order valence-electron chi connectivity index (χ3n) is 3.23. The second-order valence-electron chi connectivity index (χ2n) is 4.29. The molecule has 0 aliphatic carbocycles. The zero-order valence-electron chi connectivity index (χ0n) is 9.22. The standard InChI is InChI=1S/C10H15N3O3/c1-10(9(14)15)4-2-3-5-13(10)6-8-11-7-12-16-8/h7H,2-6H2,1H3,(H,14,15). The highest BCUT2D eigenvalue weighted by molar-refractivity contribution is 5.78. The number of carbonyl (C=O) groups is 1. The van der Waals surface area contributed by atoms with Gasteiger partial charge in [0.25, 0.3) is 0 Å². The van der Waals surface area contributed by atoms with E-state index < -0.39 is 11.5 Å². The number of piperidine rings is 1. The summed E-state index contributed by atoms with van der Waals surface area (Å²) in [6, 6.07) is 0. The van der Waals surface area contributed by atoms with E-state index in [-0.39, 0.29) is 0 Å². The molecular weight excluding hydrogens is 210 g/mol. The van der Waals surface area contributed by atoms with Gasteiger partial charge in [-0.2, -0.15) is 4.98 Å². The van der Waals surface area contributed by atoms with Gasteiger partial charge < -0.3 is 9.63 Å². The van der Waals surface area contributed by atoms with E-state index in [1.807, 2.05) is 4.90 Å². The Morgan fingerprint density at radius 2 is 2.50 bits per heavy atom. The lowest BCUT2D eigenvalue weighted by Crippen LogP contribution is -2.54. The summed E-state index contributed by atoms with van der Waals surface area (Å²) in [6.07, 6.45) is 3.95. The molecule has 1 N–H and O–H groups in total. The number of aromatic nitrogens is 2. The van der Waals surface area contributed by atoms with Crippen LogP contribution in [0.15, 0.2) is 10.9 Å². The molecule has 6 nitrogen and oxygen atoms in total. The van der Waals surface area contributed by atoms with Crippen molar-refractivity contribution in [2.75, 3.05) is 6.54 Å². The molecule has 0 radical (unpaired) electrons. The molecule has 0 spiro atoms. The highest BCUT2D eigenvalue weighted by Gasteiger charge is 2.41. The summed E-state index contributed by atoms with van der Waals surface area (Å²) < 4.78 is 4.91. The van der Waals surface area contributed by atoms with E-state index in [4.69, 9.17) is 4.52 Å². The topological polar surface area (TPSA) is 79.5 Å². The Bertz CT molecular complexity index is 365. The van der Waals surface area contributed by atoms with Crippen molar-refractivity contribution in [3.05, 3.63) is 12.2 Å². The molecule has 0 aromatic carbocycles. The number of likely N-dealkylation sites (tertiary alicyclic amines) is 1. The Hall–Kier alpha value is -1.43. The van der Waals surface area contributed by atoms with Crippen LogP contribution in [0.2, 0.25) is 0 Å². The maximum absolute atomic E-state index is 11.3. The third kappa shape index (κ3) is 1.92. The number of carboxylic acids is 1. The van der Waals surface area contributed by atoms with Crippen LogP contribution < -0.4 is 0 Å². The molecule has 2 heterocycles. The van der Waals surface area contributed by atoms with Crippen LogP contribution in [0.1, 0.15) is 32.1 Å². The Labute approximate surface area is 93.2 Å². The molecule has 0 bridgehead atoms. The lowest BCUT2D eigenvalue weighted by molar-refractivity contribution is -0.153. The van der Waals surface area contributed by atoms with Gasteiger partial charge in [-0.3, -0.25) is 9.69 Å². The first-order chi connectivity index (χ1) is 7.63. The molecule has 0 saturated carbocycles. The van der Waals surface area contributed by atoms with Crippen molar-refractivity contribution in [2.24, 2.45) is 0 Å². The zero-order chi connectivity index (χ0) is 11.6. The van der Waals surface area contributed by atoms with Gasteiger partial charge in [-0.25, -0.2) is 0 Å². The van der Waals surface area contributed by atoms with Crippen molar-refractivity contribution >= 4 is 5.97 Å². The van der Waals surface area contributed by atoms with Gasteiger partial charge in [-0.1, -0.05) is 5.16 Å². The minimum Gasteiger partial charge on any atom is -0.480 e. The first-order valence-electron chi connectivity index (χ1n) is 5.37. The first kappa shape index (κ1) is 11.1. The van der Waals surface area contributed by atoms with Crippen LogP contribution in [0.4, 0.5) is 0 Å². The molecule has 1 aliphatic heterocycles. The number of aliphatic carboxylic acids is 1. The van der Waals surface area contributed by atoms with Gasteiger partial charge in [0.2, 0.25) is 5.89 Å². The monoisotopic (exact) mass is 225 g/mol. The van der Waals surface area contributed by atoms with Gasteiger partial charge in [0.15, 0.2) is 6.33 Å². The average Bonchev–Trinajstić information content (AvgIpc) is 2.74. The lowest BCUT2D eigenvalue weighted by atomic mass is 9.88. The molecule has 88 valence electrons. The van der Waals surface area contributed by atoms with Crippen LogP contribution in [0.25, 0.3) is 0 Å². The highest BCUT2D eigenvalue weighted by Crippen LogP contribution is 2.29. The summed E-state index contributed by atoms with van der Waals surface area (Å²) in [5.74, 6) is -0.318. The molecule has 1 atom stereocenters. The molecule has 1 aromatic rings. The van der Waals surface area contributed by atoms with Crippen molar-refractivity contribution in [3.63, 3.8) is 0 Å². The van der Waals surface area contributed by atoms with Crippen LogP contribution in [-0.2, 0) is 11.3 Å². The van der Waals surface area contributed by atoms with Crippen LogP contribution in [0.5, 0.6) is 0 Å². The van der Waals surface area contributed by atoms with Crippen LogP contribution in [0, 0.1) is 0 Å². The third-order valence-corrected chi connectivity index (χ3v) is 3.23. The van der Waals surface area contributed by atoms with Crippen molar-refractivity contribution in [2.45, 2.75) is 38.3 Å². The molecule has 1 aromatic heterocycles. The number of rotatable bonds is 3. The predicted molar refractivity (Wildman–Crippen MR) is 54.6 cm³/mol. The SMILES string of the molecule is CC1(C(=O)O)CCCCN1Cc1ncno1. The van der Waals surface area contributed by atoms with E-state index in [2.05, 4.69) is 10.1 Å². The minimum atomic E-state index is -0.813. The average molecular weight is 225 g/mol. The first-order valence-corrected chi connectivity index (χ1v) is 5.37. The van der Waals surface area contributed by atoms with Crippen molar-refractivity contribution in [3.8, 4) is 0 Å². The van der Waals surface area contributed by atoms with Crippen molar-refractivity contribution in [1.29, 1.82) is 0 Å². The molecule has 16 heavy (non-hydrogen) atoms. The molecule has 1 saturated heterocycles. The maximum Gasteiger partial charge on any atom is 0.323 e. The number of hydrogen-bond acceptors (Lipinski definition) is 5. The molecule has 6 heteroatoms. The van der Waals surface area contributed by atoms with Crippen molar-refractivity contribution < 1.29 is 14.4 Å². The quantitative estimate of drug-likeness (QED) is 0.823. The number of carboxylic acid groups (broad SMARTS) is 1. The zero-order valence-corrected chi connectivity index (χ0v) is 9.22. The summed E-state index contributed by atoms with van der Waals surface area (Å²) in [7, 11) is 0. The summed E-state index contributed by atoms with van der Waals surface area (Å²) in [6.45, 7) is 2.92. The maximum atomic E-state index is 11.3. The Balaban J connectivity index is 2.14. The Morgan fingerprint density at radius 3 is 3.12 bits per heavy atom. The van der Waals surface area contributed by atoms with Crippen molar-refractivity contribution in [1.82, 2.24) is 15.0 Å². The summed E-state index contributed by atoms with van der Waals surface area (Å²) in [5, 5.41) is 12.8. The van der Waals surface area contributed by atoms with Gasteiger partial charge >= 0.3 is 5.97 Å². The van der Waals surface area contributed by atoms with E-state index >= 15 is 0 Å². The van der Waals surface area contributed by atoms with Crippen LogP contribution in [-0.4, -0.2) is 38.2 Å². The number of nitrogens with zero attached hydrogens (tertiary/aromatic N) is 3. The fourth-order valence-corrected chi connectivity index (χ4v) is 2.10. The highest BCUT2D eigenvalue weighted by atomic mass is 16.5. The summed E-state index contributed by atoms with van der Waals surface area (Å²) in [4.78, 5) is 17.1. The summed E-state index contributed by atoms with van der Waals surface area (Å²) in [5.41, 5.74) is -0.813. The largest absolute Gasteiger partial charge is 0.480 e. The van der Waals surface area contributed by atoms with Crippen LogP contribution >= 0.6 is 0 Å². The lowest BCUT2D eigenvalue weighted by Gasteiger charge is -2.40. The second kappa shape index (κ2) is 4.21. The van der Waals surface area contributed by atoms with E-state index in [0.717, 1.165) is 19.4 Å². The fraction of sp³-hybridized carbons (Fsp3) is 0.700. The molecule has 0 amide bonds. The van der Waals surface area contributed by atoms with E-state index in [1.165, 1.54) is 6.33 Å². The molecular formula is C10H15N3O3. The van der Waals surface area contributed by atoms with Gasteiger partial charge in [-0.05, 0) is 32.7 Å². The van der Waals surface area contributed by atoms with E-state index in [0.29, 0.717) is 18.9 Å². The van der Waals surface area contributed by atoms with Gasteiger partial charge in [0.05, 0.1) is 6.54 Å². The number of hydrogen-bond donors (Lipinski definition) is 1. The van der Waals surface area contributed by atoms with E-state index in [9.17, 15) is 9.90 Å². The van der Waals surface area contributed by atoms with Gasteiger partial charge in [0.1, 0.15) is 5.54 Å². The minimum absolute atomic E-state index is 0.406. The van der Waals surface area contributed by atoms with Crippen LogP contribution in [0.3, 0.4) is 0 Å². The smallest absolute Gasteiger partial charge is 0.323 e. The normalized spacial score (nSPS) is 26.8. The Morgan fingerprint density at radius 1 is 1.69 bits per heavy atom. The van der Waals surface area contributed by atoms with Gasteiger partial charge in [-0.15, -0.1) is 0 Å². The molecule has 2 rings (SSSR count). The predicted octanol–water partition coefficient (Wildman–Crippen LogP) is 0.899. The fourth-order valence-electron chi connectivity index (χ4n) is 2.10. The molecule has 1 fully saturated rings. The molecule has 1 unspecified atom stereocenters. The second-order valence-corrected chi connectivity index (χ2v) is 4.29. The van der Waals surface area contributed by atoms with Gasteiger partial charge in [0, 0.05) is 0 Å². The molecule has 1 aliphatic rings. The van der Waals surface area contributed by atoms with E-state index in [1.54, 1.807) is 6.92 Å². The Kier molecular flexibility index (Phi) is 2.91. The summed E-state index contributed by atoms with van der Waals surface area (Å²) >= 11 is 0.